The number of aryl methyl sites for hydroxylation is 4. The Kier molecular flexibility index (Phi) is 5.83. The van der Waals surface area contributed by atoms with Crippen LogP contribution in [-0.2, 0) is 28.2 Å². The maximum Gasteiger partial charge on any atom is 0.328 e. The van der Waals surface area contributed by atoms with E-state index in [0.717, 1.165) is 0 Å². The van der Waals surface area contributed by atoms with Gasteiger partial charge in [-0.25, -0.2) is 19.6 Å². The first-order valence-electron chi connectivity index (χ1n) is 11.3. The molecule has 0 radical (unpaired) electrons. The minimum absolute atomic E-state index is 0.129. The Morgan fingerprint density at radius 1 is 0.550 bits per heavy atom. The van der Waals surface area contributed by atoms with E-state index in [-0.39, 0.29) is 43.6 Å². The molecule has 4 heterocycles. The molecule has 0 atom stereocenters. The van der Waals surface area contributed by atoms with Gasteiger partial charge in [-0.2, -0.15) is 0 Å². The van der Waals surface area contributed by atoms with Crippen LogP contribution in [-0.4, -0.2) is 18.3 Å². The number of aromatic nitrogens is 4. The van der Waals surface area contributed by atoms with Gasteiger partial charge in [-0.1, -0.05) is 23.2 Å². The van der Waals surface area contributed by atoms with Crippen LogP contribution in [0.4, 0.5) is 11.4 Å². The van der Waals surface area contributed by atoms with Crippen molar-refractivity contribution in [3.63, 3.8) is 0 Å². The van der Waals surface area contributed by atoms with Gasteiger partial charge in [0.05, 0.1) is 40.0 Å². The van der Waals surface area contributed by atoms with Crippen molar-refractivity contribution in [2.45, 2.75) is 0 Å². The lowest BCUT2D eigenvalue weighted by Crippen LogP contribution is -2.22. The molecule has 0 spiro atoms. The third-order valence-corrected chi connectivity index (χ3v) is 10.8. The van der Waals surface area contributed by atoms with Crippen LogP contribution in [0.1, 0.15) is 0 Å². The molecule has 0 saturated heterocycles. The van der Waals surface area contributed by atoms with Gasteiger partial charge < -0.3 is 9.47 Å². The van der Waals surface area contributed by atoms with Crippen LogP contribution >= 0.6 is 86.9 Å². The number of hydrogen-bond acceptors (Lipinski definition) is 6. The number of hydrogen-bond donors (Lipinski definition) is 0. The summed E-state index contributed by atoms with van der Waals surface area (Å²) in [6, 6.07) is 0. The SMILES string of the molecule is Cn1c(=O)n(C)c2c(Br)c3c(c(Br)c21)N=c1c(Cl)c2c(c(Cl)c1O3)=Nc1c(c(Br)c3c(c1Br)n(C)c(=O)n3C)O2. The molecule has 0 N–H and O–H groups in total. The Hall–Kier alpha value is -2.10. The lowest BCUT2D eigenvalue weighted by Gasteiger charge is -2.23. The van der Waals surface area contributed by atoms with E-state index < -0.39 is 0 Å². The van der Waals surface area contributed by atoms with Crippen LogP contribution in [0.5, 0.6) is 23.0 Å². The van der Waals surface area contributed by atoms with Crippen LogP contribution in [0.2, 0.25) is 10.0 Å². The van der Waals surface area contributed by atoms with Gasteiger partial charge in [0.15, 0.2) is 23.0 Å². The molecule has 0 fully saturated rings. The summed E-state index contributed by atoms with van der Waals surface area (Å²) in [7, 11) is 6.69. The number of ether oxygens (including phenoxy) is 2. The van der Waals surface area contributed by atoms with Crippen molar-refractivity contribution in [1.82, 2.24) is 18.3 Å². The van der Waals surface area contributed by atoms with E-state index in [4.69, 9.17) is 42.7 Å². The second-order valence-corrected chi connectivity index (χ2v) is 13.1. The van der Waals surface area contributed by atoms with Gasteiger partial charge in [-0.3, -0.25) is 18.3 Å². The molecule has 40 heavy (non-hydrogen) atoms. The minimum Gasteiger partial charge on any atom is -0.450 e. The third kappa shape index (κ3) is 3.15. The second-order valence-electron chi connectivity index (χ2n) is 9.22. The quantitative estimate of drug-likeness (QED) is 0.174. The minimum atomic E-state index is -0.214. The molecule has 3 aromatic carbocycles. The molecule has 5 aromatic rings. The normalized spacial score (nSPS) is 13.2. The van der Waals surface area contributed by atoms with Crippen LogP contribution in [0.25, 0.3) is 22.1 Å². The first-order chi connectivity index (χ1) is 18.9. The highest BCUT2D eigenvalue weighted by Crippen LogP contribution is 2.53. The summed E-state index contributed by atoms with van der Waals surface area (Å²) >= 11 is 28.2. The van der Waals surface area contributed by atoms with Gasteiger partial charge in [0, 0.05) is 28.2 Å². The molecule has 2 aliphatic heterocycles. The molecule has 0 bridgehead atoms. The van der Waals surface area contributed by atoms with Gasteiger partial charge in [0.25, 0.3) is 0 Å². The van der Waals surface area contributed by atoms with Crippen LogP contribution in [0, 0.1) is 0 Å². The molecular formula is C24H12Br4Cl2N6O4. The van der Waals surface area contributed by atoms with Crippen molar-refractivity contribution in [1.29, 1.82) is 0 Å². The topological polar surface area (TPSA) is 97.0 Å². The number of benzene rings is 3. The predicted molar refractivity (Wildman–Crippen MR) is 165 cm³/mol. The third-order valence-electron chi connectivity index (χ3n) is 7.11. The van der Waals surface area contributed by atoms with E-state index >= 15 is 0 Å². The number of fused-ring (bicyclic) bond motifs is 6. The van der Waals surface area contributed by atoms with E-state index in [9.17, 15) is 9.59 Å². The molecule has 10 nitrogen and oxygen atoms in total. The van der Waals surface area contributed by atoms with Crippen LogP contribution < -0.4 is 31.6 Å². The zero-order valence-electron chi connectivity index (χ0n) is 20.6. The number of imidazole rings is 2. The molecule has 7 rings (SSSR count). The fraction of sp³-hybridized carbons (Fsp3) is 0.167. The zero-order chi connectivity index (χ0) is 28.7. The second kappa shape index (κ2) is 8.71. The van der Waals surface area contributed by atoms with Crippen LogP contribution in [0.15, 0.2) is 37.5 Å². The lowest BCUT2D eigenvalue weighted by atomic mass is 10.2. The molecule has 2 aliphatic rings. The average molecular weight is 839 g/mol. The van der Waals surface area contributed by atoms with Gasteiger partial charge in [-0.05, 0) is 63.7 Å². The van der Waals surface area contributed by atoms with E-state index in [1.807, 2.05) is 0 Å². The molecule has 0 amide bonds. The first kappa shape index (κ1) is 26.8. The van der Waals surface area contributed by atoms with Crippen molar-refractivity contribution in [3.05, 3.63) is 59.6 Å². The Morgan fingerprint density at radius 3 is 1.18 bits per heavy atom. The largest absolute Gasteiger partial charge is 0.450 e. The predicted octanol–water partition coefficient (Wildman–Crippen LogP) is 6.54. The first-order valence-corrected chi connectivity index (χ1v) is 15.3. The summed E-state index contributed by atoms with van der Waals surface area (Å²) in [6.45, 7) is 0. The summed E-state index contributed by atoms with van der Waals surface area (Å²) in [5.74, 6) is 1.08. The van der Waals surface area contributed by atoms with E-state index in [1.54, 1.807) is 28.2 Å². The van der Waals surface area contributed by atoms with Gasteiger partial charge in [0.2, 0.25) is 0 Å². The number of nitrogens with zero attached hydrogens (tertiary/aromatic N) is 6. The highest BCUT2D eigenvalue weighted by Gasteiger charge is 2.33. The van der Waals surface area contributed by atoms with Crippen molar-refractivity contribution in [2.75, 3.05) is 0 Å². The maximum absolute atomic E-state index is 12.7. The summed E-state index contributed by atoms with van der Waals surface area (Å²) in [4.78, 5) is 35.0. The Bertz CT molecular complexity index is 2170. The molecule has 0 aliphatic carbocycles. The number of halogens is 6. The van der Waals surface area contributed by atoms with Crippen molar-refractivity contribution < 1.29 is 9.47 Å². The summed E-state index contributed by atoms with van der Waals surface area (Å²) in [5.41, 5.74) is 2.90. The Balaban J connectivity index is 1.57. The highest BCUT2D eigenvalue weighted by molar-refractivity contribution is 9.11. The summed E-state index contributed by atoms with van der Waals surface area (Å²) in [6.07, 6.45) is 0. The summed E-state index contributed by atoms with van der Waals surface area (Å²) in [5, 5.41) is 0.745. The molecule has 2 aromatic heterocycles. The highest BCUT2D eigenvalue weighted by atomic mass is 79.9. The number of rotatable bonds is 0. The van der Waals surface area contributed by atoms with Crippen molar-refractivity contribution in [2.24, 2.45) is 38.2 Å². The summed E-state index contributed by atoms with van der Waals surface area (Å²) < 4.78 is 20.9. The van der Waals surface area contributed by atoms with E-state index in [0.29, 0.717) is 62.8 Å². The molecule has 0 saturated carbocycles. The maximum atomic E-state index is 12.7. The van der Waals surface area contributed by atoms with Crippen LogP contribution in [0.3, 0.4) is 0 Å². The Labute approximate surface area is 266 Å². The van der Waals surface area contributed by atoms with E-state index in [1.165, 1.54) is 18.3 Å². The van der Waals surface area contributed by atoms with Crippen molar-refractivity contribution >= 4 is 120 Å². The molecule has 16 heteroatoms. The average Bonchev–Trinajstić information content (AvgIpc) is 3.31. The van der Waals surface area contributed by atoms with Gasteiger partial charge >= 0.3 is 11.4 Å². The van der Waals surface area contributed by atoms with Gasteiger partial charge in [-0.15, -0.1) is 0 Å². The molecular weight excluding hydrogens is 827 g/mol. The van der Waals surface area contributed by atoms with Crippen molar-refractivity contribution in [3.8, 4) is 23.0 Å². The lowest BCUT2D eigenvalue weighted by molar-refractivity contribution is 0.448. The zero-order valence-corrected chi connectivity index (χ0v) is 28.4. The van der Waals surface area contributed by atoms with E-state index in [2.05, 4.69) is 63.7 Å². The molecule has 0 unspecified atom stereocenters. The fourth-order valence-electron chi connectivity index (χ4n) is 5.14. The standard InChI is InChI=1S/C24H12Br4Cl2N6O4/c1-33-15-5(25)11-19(7(27)17(15)35(3)23(33)37)39-21-10(30)14-22(9(29)13(21)31-11)40-20-8(28)18-16(6(26)12(20)32-14)34(2)24(38)36(18)4/h1-4H3. The monoisotopic (exact) mass is 834 g/mol. The van der Waals surface area contributed by atoms with Gasteiger partial charge in [0.1, 0.15) is 32.1 Å². The molecule has 204 valence electrons. The smallest absolute Gasteiger partial charge is 0.328 e. The Morgan fingerprint density at radius 2 is 0.850 bits per heavy atom. The fourth-order valence-corrected chi connectivity index (χ4v) is 8.54.